The van der Waals surface area contributed by atoms with Gasteiger partial charge in [0.15, 0.2) is 5.69 Å². The van der Waals surface area contributed by atoms with Crippen molar-refractivity contribution < 1.29 is 15.0 Å². The molecule has 1 aromatic rings. The maximum Gasteiger partial charge on any atom is 0.356 e. The molecule has 0 unspecified atom stereocenters. The number of carboxylic acids is 1. The van der Waals surface area contributed by atoms with E-state index in [0.717, 1.165) is 19.3 Å². The molecule has 0 bridgehead atoms. The lowest BCUT2D eigenvalue weighted by atomic mass is 9.77. The Bertz CT molecular complexity index is 381. The van der Waals surface area contributed by atoms with Crippen LogP contribution >= 0.6 is 0 Å². The predicted molar refractivity (Wildman–Crippen MR) is 56.3 cm³/mol. The van der Waals surface area contributed by atoms with Crippen LogP contribution in [0.4, 0.5) is 5.82 Å². The molecule has 1 aliphatic carbocycles. The quantitative estimate of drug-likeness (QED) is 0.688. The third-order valence-corrected chi connectivity index (χ3v) is 2.89. The van der Waals surface area contributed by atoms with Crippen LogP contribution in [-0.2, 0) is 0 Å². The number of aromatic carboxylic acids is 1. The van der Waals surface area contributed by atoms with E-state index in [1.165, 1.54) is 6.07 Å². The van der Waals surface area contributed by atoms with Gasteiger partial charge in [-0.25, -0.2) is 4.79 Å². The van der Waals surface area contributed by atoms with Gasteiger partial charge in [-0.2, -0.15) is 0 Å². The summed E-state index contributed by atoms with van der Waals surface area (Å²) in [5, 5.41) is 28.3. The van der Waals surface area contributed by atoms with Crippen molar-refractivity contribution in [2.45, 2.75) is 24.8 Å². The van der Waals surface area contributed by atoms with Crippen LogP contribution in [0.3, 0.4) is 0 Å². The first-order valence-electron chi connectivity index (χ1n) is 5.11. The monoisotopic (exact) mass is 223 g/mol. The summed E-state index contributed by atoms with van der Waals surface area (Å²) < 4.78 is 0. The van der Waals surface area contributed by atoms with Gasteiger partial charge in [-0.3, -0.25) is 0 Å². The first-order valence-corrected chi connectivity index (χ1v) is 5.11. The number of hydrogen-bond acceptors (Lipinski definition) is 5. The fraction of sp³-hybridized carbons (Fsp3) is 0.500. The van der Waals surface area contributed by atoms with Gasteiger partial charge in [-0.15, -0.1) is 10.2 Å². The third-order valence-electron chi connectivity index (χ3n) is 2.89. The first-order chi connectivity index (χ1) is 7.65. The Morgan fingerprint density at radius 1 is 1.44 bits per heavy atom. The van der Waals surface area contributed by atoms with E-state index >= 15 is 0 Å². The molecule has 1 heterocycles. The zero-order valence-corrected chi connectivity index (χ0v) is 8.68. The zero-order valence-electron chi connectivity index (χ0n) is 8.68. The van der Waals surface area contributed by atoms with Crippen molar-refractivity contribution in [3.8, 4) is 0 Å². The maximum atomic E-state index is 10.6. The van der Waals surface area contributed by atoms with Gasteiger partial charge in [0.05, 0.1) is 12.1 Å². The molecule has 0 aliphatic heterocycles. The number of carboxylic acid groups (broad SMARTS) is 1. The average Bonchev–Trinajstić information content (AvgIpc) is 2.24. The van der Waals surface area contributed by atoms with E-state index in [4.69, 9.17) is 5.11 Å². The molecule has 0 spiro atoms. The number of nitrogens with one attached hydrogen (secondary N) is 1. The van der Waals surface area contributed by atoms with Gasteiger partial charge in [0.25, 0.3) is 0 Å². The minimum absolute atomic E-state index is 0.0510. The normalized spacial score (nSPS) is 17.6. The molecular weight excluding hydrogens is 210 g/mol. The van der Waals surface area contributed by atoms with Crippen molar-refractivity contribution in [3.05, 3.63) is 17.8 Å². The van der Waals surface area contributed by atoms with Crippen molar-refractivity contribution in [1.29, 1.82) is 0 Å². The highest BCUT2D eigenvalue weighted by molar-refractivity contribution is 5.85. The molecule has 1 saturated carbocycles. The Kier molecular flexibility index (Phi) is 2.74. The van der Waals surface area contributed by atoms with Crippen LogP contribution in [0, 0.1) is 0 Å². The van der Waals surface area contributed by atoms with Crippen LogP contribution < -0.4 is 5.32 Å². The molecular formula is C10H13N3O3. The fourth-order valence-corrected chi connectivity index (χ4v) is 1.71. The lowest BCUT2D eigenvalue weighted by Gasteiger charge is -2.41. The van der Waals surface area contributed by atoms with Crippen molar-refractivity contribution in [1.82, 2.24) is 10.2 Å². The topological polar surface area (TPSA) is 95.3 Å². The summed E-state index contributed by atoms with van der Waals surface area (Å²) in [7, 11) is 0. The van der Waals surface area contributed by atoms with Crippen LogP contribution in [-0.4, -0.2) is 38.5 Å². The smallest absolute Gasteiger partial charge is 0.356 e. The summed E-state index contributed by atoms with van der Waals surface area (Å²) in [5.41, 5.74) is -0.378. The minimum atomic E-state index is -1.10. The van der Waals surface area contributed by atoms with E-state index in [-0.39, 0.29) is 17.8 Å². The second kappa shape index (κ2) is 4.05. The fourth-order valence-electron chi connectivity index (χ4n) is 1.71. The highest BCUT2D eigenvalue weighted by atomic mass is 16.4. The van der Waals surface area contributed by atoms with E-state index in [0.29, 0.717) is 5.82 Å². The molecule has 6 nitrogen and oxygen atoms in total. The third kappa shape index (κ3) is 1.96. The molecule has 0 radical (unpaired) electrons. The Hall–Kier alpha value is -1.69. The molecule has 0 saturated heterocycles. The van der Waals surface area contributed by atoms with Crippen LogP contribution in [0.1, 0.15) is 29.8 Å². The summed E-state index contributed by atoms with van der Waals surface area (Å²) in [6, 6.07) is 2.95. The first kappa shape index (κ1) is 10.8. The molecule has 1 fully saturated rings. The second-order valence-corrected chi connectivity index (χ2v) is 4.03. The van der Waals surface area contributed by atoms with Crippen LogP contribution in [0.2, 0.25) is 0 Å². The molecule has 0 aromatic carbocycles. The van der Waals surface area contributed by atoms with Gasteiger partial charge in [0.1, 0.15) is 5.82 Å². The number of nitrogens with zero attached hydrogens (tertiary/aromatic N) is 2. The number of rotatable bonds is 4. The Morgan fingerprint density at radius 3 is 2.56 bits per heavy atom. The van der Waals surface area contributed by atoms with Gasteiger partial charge in [-0.05, 0) is 31.4 Å². The highest BCUT2D eigenvalue weighted by Gasteiger charge is 2.36. The van der Waals surface area contributed by atoms with Crippen molar-refractivity contribution in [2.75, 3.05) is 11.9 Å². The molecule has 86 valence electrons. The van der Waals surface area contributed by atoms with E-state index in [1.807, 2.05) is 0 Å². The van der Waals surface area contributed by atoms with Crippen LogP contribution in [0.5, 0.6) is 0 Å². The molecule has 0 amide bonds. The summed E-state index contributed by atoms with van der Waals surface area (Å²) in [5.74, 6) is -0.599. The average molecular weight is 223 g/mol. The maximum absolute atomic E-state index is 10.6. The van der Waals surface area contributed by atoms with E-state index in [1.54, 1.807) is 6.07 Å². The molecule has 16 heavy (non-hydrogen) atoms. The van der Waals surface area contributed by atoms with E-state index < -0.39 is 5.97 Å². The number of aliphatic hydroxyl groups excluding tert-OH is 1. The van der Waals surface area contributed by atoms with Gasteiger partial charge >= 0.3 is 5.97 Å². The Balaban J connectivity index is 2.07. The van der Waals surface area contributed by atoms with E-state index in [9.17, 15) is 9.90 Å². The van der Waals surface area contributed by atoms with Crippen LogP contribution in [0.25, 0.3) is 0 Å². The molecule has 2 rings (SSSR count). The highest BCUT2D eigenvalue weighted by Crippen LogP contribution is 2.34. The number of aliphatic hydroxyl groups is 1. The number of carbonyl (C=O) groups is 1. The Labute approximate surface area is 92.3 Å². The molecule has 6 heteroatoms. The lowest BCUT2D eigenvalue weighted by molar-refractivity contribution is 0.0689. The number of anilines is 1. The summed E-state index contributed by atoms with van der Waals surface area (Å²) in [4.78, 5) is 10.6. The van der Waals surface area contributed by atoms with Gasteiger partial charge < -0.3 is 15.5 Å². The molecule has 1 aliphatic rings. The van der Waals surface area contributed by atoms with E-state index in [2.05, 4.69) is 15.5 Å². The van der Waals surface area contributed by atoms with Crippen molar-refractivity contribution in [2.24, 2.45) is 0 Å². The van der Waals surface area contributed by atoms with Crippen molar-refractivity contribution >= 4 is 11.8 Å². The zero-order chi connectivity index (χ0) is 11.6. The summed E-state index contributed by atoms with van der Waals surface area (Å²) in [6.45, 7) is 0.0510. The molecule has 1 aromatic heterocycles. The SMILES string of the molecule is O=C(O)c1ccc(NC2(CO)CCC2)nn1. The standard InChI is InChI=1S/C10H13N3O3/c14-6-10(4-1-5-10)11-8-3-2-7(9(15)16)12-13-8/h2-3,14H,1,4-6H2,(H,11,13)(H,15,16). The van der Waals surface area contributed by atoms with Gasteiger partial charge in [0, 0.05) is 0 Å². The van der Waals surface area contributed by atoms with Crippen LogP contribution in [0.15, 0.2) is 12.1 Å². The Morgan fingerprint density at radius 2 is 2.19 bits per heavy atom. The molecule has 0 atom stereocenters. The summed E-state index contributed by atoms with van der Waals surface area (Å²) >= 11 is 0. The lowest BCUT2D eigenvalue weighted by Crippen LogP contribution is -2.48. The second-order valence-electron chi connectivity index (χ2n) is 4.03. The number of aromatic nitrogens is 2. The molecule has 3 N–H and O–H groups in total. The number of hydrogen-bond donors (Lipinski definition) is 3. The van der Waals surface area contributed by atoms with Gasteiger partial charge in [-0.1, -0.05) is 0 Å². The van der Waals surface area contributed by atoms with Crippen molar-refractivity contribution in [3.63, 3.8) is 0 Å². The summed E-state index contributed by atoms with van der Waals surface area (Å²) in [6.07, 6.45) is 2.87. The van der Waals surface area contributed by atoms with Gasteiger partial charge in [0.2, 0.25) is 0 Å². The largest absolute Gasteiger partial charge is 0.476 e. The minimum Gasteiger partial charge on any atom is -0.476 e. The predicted octanol–water partition coefficient (Wildman–Crippen LogP) is 0.502.